The number of rotatable bonds is 6. The fraction of sp³-hybridized carbons (Fsp3) is 0.263. The third-order valence-corrected chi connectivity index (χ3v) is 4.97. The summed E-state index contributed by atoms with van der Waals surface area (Å²) in [6, 6.07) is 11.9. The second-order valence-electron chi connectivity index (χ2n) is 6.57. The highest BCUT2D eigenvalue weighted by Gasteiger charge is 2.25. The summed E-state index contributed by atoms with van der Waals surface area (Å²) in [4.78, 5) is 25.1. The molecular formula is C19H23N3O4S. The van der Waals surface area contributed by atoms with E-state index in [9.17, 15) is 18.0 Å². The molecule has 144 valence electrons. The van der Waals surface area contributed by atoms with Gasteiger partial charge in [0.25, 0.3) is 5.91 Å². The zero-order valence-corrected chi connectivity index (χ0v) is 16.2. The molecule has 4 N–H and O–H groups in total. The van der Waals surface area contributed by atoms with E-state index < -0.39 is 22.0 Å². The van der Waals surface area contributed by atoms with Crippen LogP contribution < -0.4 is 15.8 Å². The molecule has 0 bridgehead atoms. The Morgan fingerprint density at radius 2 is 1.70 bits per heavy atom. The number of hydrogen-bond acceptors (Lipinski definition) is 4. The molecule has 0 heterocycles. The molecule has 2 aromatic rings. The van der Waals surface area contributed by atoms with Crippen molar-refractivity contribution in [3.8, 4) is 0 Å². The molecule has 0 saturated heterocycles. The minimum atomic E-state index is -3.88. The monoisotopic (exact) mass is 389 g/mol. The lowest BCUT2D eigenvalue weighted by molar-refractivity contribution is -0.118. The van der Waals surface area contributed by atoms with E-state index >= 15 is 0 Å². The van der Waals surface area contributed by atoms with Gasteiger partial charge in [-0.05, 0) is 42.7 Å². The zero-order chi connectivity index (χ0) is 20.2. The van der Waals surface area contributed by atoms with Gasteiger partial charge >= 0.3 is 0 Å². The molecular weight excluding hydrogens is 366 g/mol. The van der Waals surface area contributed by atoms with Gasteiger partial charge in [0.15, 0.2) is 0 Å². The molecule has 2 amide bonds. The first-order valence-electron chi connectivity index (χ1n) is 8.40. The lowest BCUT2D eigenvalue weighted by atomic mass is 10.0. The number of benzene rings is 2. The van der Waals surface area contributed by atoms with E-state index in [4.69, 9.17) is 5.14 Å². The van der Waals surface area contributed by atoms with Gasteiger partial charge in [-0.25, -0.2) is 13.6 Å². The van der Waals surface area contributed by atoms with Crippen molar-refractivity contribution in [1.82, 2.24) is 5.32 Å². The Bertz CT molecular complexity index is 955. The van der Waals surface area contributed by atoms with E-state index in [1.54, 1.807) is 18.2 Å². The number of primary sulfonamides is 1. The van der Waals surface area contributed by atoms with E-state index in [-0.39, 0.29) is 22.4 Å². The average Bonchev–Trinajstić information content (AvgIpc) is 2.59. The predicted octanol–water partition coefficient (Wildman–Crippen LogP) is 2.04. The molecule has 0 spiro atoms. The highest BCUT2D eigenvalue weighted by atomic mass is 32.2. The van der Waals surface area contributed by atoms with E-state index in [0.717, 1.165) is 5.56 Å². The van der Waals surface area contributed by atoms with Crippen molar-refractivity contribution >= 4 is 27.5 Å². The predicted molar refractivity (Wildman–Crippen MR) is 104 cm³/mol. The highest BCUT2D eigenvalue weighted by molar-refractivity contribution is 7.89. The first-order valence-corrected chi connectivity index (χ1v) is 9.94. The van der Waals surface area contributed by atoms with Gasteiger partial charge in [-0.15, -0.1) is 0 Å². The third kappa shape index (κ3) is 5.38. The lowest BCUT2D eigenvalue weighted by Crippen LogP contribution is -2.47. The second kappa shape index (κ2) is 8.32. The highest BCUT2D eigenvalue weighted by Crippen LogP contribution is 2.16. The SMILES string of the molecule is Cc1ccccc1C(=O)N[C@H](C(=O)Nc1cccc(S(N)(=O)=O)c1)C(C)C. The summed E-state index contributed by atoms with van der Waals surface area (Å²) in [6.07, 6.45) is 0. The van der Waals surface area contributed by atoms with Gasteiger partial charge in [0.2, 0.25) is 15.9 Å². The van der Waals surface area contributed by atoms with E-state index in [2.05, 4.69) is 10.6 Å². The van der Waals surface area contributed by atoms with Crippen molar-refractivity contribution < 1.29 is 18.0 Å². The van der Waals surface area contributed by atoms with Crippen LogP contribution in [0.25, 0.3) is 0 Å². The van der Waals surface area contributed by atoms with Crippen LogP contribution in [-0.4, -0.2) is 26.3 Å². The average molecular weight is 389 g/mol. The third-order valence-electron chi connectivity index (χ3n) is 4.06. The standard InChI is InChI=1S/C19H23N3O4S/c1-12(2)17(22-18(23)16-10-5-4-7-13(16)3)19(24)21-14-8-6-9-15(11-14)27(20,25)26/h4-12,17H,1-3H3,(H,21,24)(H,22,23)(H2,20,25,26)/t17-/m0/s1. The normalized spacial score (nSPS) is 12.5. The maximum absolute atomic E-state index is 12.7. The number of sulfonamides is 1. The Hall–Kier alpha value is -2.71. The van der Waals surface area contributed by atoms with Crippen molar-refractivity contribution in [2.45, 2.75) is 31.7 Å². The van der Waals surface area contributed by atoms with Crippen LogP contribution >= 0.6 is 0 Å². The molecule has 7 nitrogen and oxygen atoms in total. The van der Waals surface area contributed by atoms with Crippen LogP contribution in [0.2, 0.25) is 0 Å². The van der Waals surface area contributed by atoms with Crippen molar-refractivity contribution in [1.29, 1.82) is 0 Å². The molecule has 0 fully saturated rings. The quantitative estimate of drug-likeness (QED) is 0.700. The lowest BCUT2D eigenvalue weighted by Gasteiger charge is -2.22. The summed E-state index contributed by atoms with van der Waals surface area (Å²) in [5.74, 6) is -0.974. The van der Waals surface area contributed by atoms with E-state index in [1.807, 2.05) is 32.9 Å². The number of nitrogens with two attached hydrogens (primary N) is 1. The molecule has 0 aliphatic rings. The molecule has 8 heteroatoms. The summed E-state index contributed by atoms with van der Waals surface area (Å²) in [7, 11) is -3.88. The molecule has 0 saturated carbocycles. The van der Waals surface area contributed by atoms with Crippen molar-refractivity contribution in [3.05, 3.63) is 59.7 Å². The maximum Gasteiger partial charge on any atom is 0.252 e. The topological polar surface area (TPSA) is 118 Å². The number of amides is 2. The number of nitrogens with one attached hydrogen (secondary N) is 2. The zero-order valence-electron chi connectivity index (χ0n) is 15.4. The molecule has 0 aliphatic heterocycles. The Morgan fingerprint density at radius 3 is 2.30 bits per heavy atom. The smallest absolute Gasteiger partial charge is 0.252 e. The minimum absolute atomic E-state index is 0.106. The largest absolute Gasteiger partial charge is 0.340 e. The molecule has 2 aromatic carbocycles. The van der Waals surface area contributed by atoms with Gasteiger partial charge in [-0.3, -0.25) is 9.59 Å². The number of anilines is 1. The number of aryl methyl sites for hydroxylation is 1. The molecule has 0 radical (unpaired) electrons. The Morgan fingerprint density at radius 1 is 1.04 bits per heavy atom. The molecule has 0 aromatic heterocycles. The van der Waals surface area contributed by atoms with Gasteiger partial charge in [-0.1, -0.05) is 38.1 Å². The van der Waals surface area contributed by atoms with Crippen LogP contribution in [0, 0.1) is 12.8 Å². The van der Waals surface area contributed by atoms with Gasteiger partial charge in [0.05, 0.1) is 4.90 Å². The van der Waals surface area contributed by atoms with E-state index in [1.165, 1.54) is 18.2 Å². The van der Waals surface area contributed by atoms with E-state index in [0.29, 0.717) is 5.56 Å². The summed E-state index contributed by atoms with van der Waals surface area (Å²) in [6.45, 7) is 5.43. The first-order chi connectivity index (χ1) is 12.6. The van der Waals surface area contributed by atoms with Crippen LogP contribution in [0.3, 0.4) is 0 Å². The van der Waals surface area contributed by atoms with Crippen molar-refractivity contribution in [2.24, 2.45) is 11.1 Å². The second-order valence-corrected chi connectivity index (χ2v) is 8.13. The van der Waals surface area contributed by atoms with Gasteiger partial charge < -0.3 is 10.6 Å². The molecule has 0 unspecified atom stereocenters. The van der Waals surface area contributed by atoms with Crippen LogP contribution in [0.15, 0.2) is 53.4 Å². The van der Waals surface area contributed by atoms with Gasteiger partial charge in [-0.2, -0.15) is 0 Å². The van der Waals surface area contributed by atoms with Crippen molar-refractivity contribution in [2.75, 3.05) is 5.32 Å². The Kier molecular flexibility index (Phi) is 6.35. The number of carbonyl (C=O) groups is 2. The molecule has 1 atom stereocenters. The van der Waals surface area contributed by atoms with Crippen LogP contribution in [0.1, 0.15) is 29.8 Å². The summed E-state index contributed by atoms with van der Waals surface area (Å²) >= 11 is 0. The summed E-state index contributed by atoms with van der Waals surface area (Å²) < 4.78 is 22.9. The van der Waals surface area contributed by atoms with Crippen LogP contribution in [0.5, 0.6) is 0 Å². The number of carbonyl (C=O) groups excluding carboxylic acids is 2. The van der Waals surface area contributed by atoms with Gasteiger partial charge in [0, 0.05) is 11.3 Å². The number of hydrogen-bond donors (Lipinski definition) is 3. The van der Waals surface area contributed by atoms with Crippen LogP contribution in [-0.2, 0) is 14.8 Å². The van der Waals surface area contributed by atoms with Crippen LogP contribution in [0.4, 0.5) is 5.69 Å². The molecule has 0 aliphatic carbocycles. The fourth-order valence-corrected chi connectivity index (χ4v) is 3.11. The first kappa shape index (κ1) is 20.6. The summed E-state index contributed by atoms with van der Waals surface area (Å²) in [5, 5.41) is 10.5. The van der Waals surface area contributed by atoms with Gasteiger partial charge in [0.1, 0.15) is 6.04 Å². The molecule has 27 heavy (non-hydrogen) atoms. The minimum Gasteiger partial charge on any atom is -0.340 e. The Labute approximate surface area is 159 Å². The Balaban J connectivity index is 2.18. The molecule has 2 rings (SSSR count). The fourth-order valence-electron chi connectivity index (χ4n) is 2.55. The maximum atomic E-state index is 12.7. The summed E-state index contributed by atoms with van der Waals surface area (Å²) in [5.41, 5.74) is 1.58. The van der Waals surface area contributed by atoms with Crippen molar-refractivity contribution in [3.63, 3.8) is 0 Å².